The fourth-order valence-electron chi connectivity index (χ4n) is 4.32. The van der Waals surface area contributed by atoms with E-state index in [2.05, 4.69) is 15.6 Å². The largest absolute Gasteiger partial charge is 0.362 e. The van der Waals surface area contributed by atoms with Crippen molar-refractivity contribution >= 4 is 28.6 Å². The molecule has 2 aromatic carbocycles. The van der Waals surface area contributed by atoms with Crippen LogP contribution in [0.15, 0.2) is 42.5 Å². The standard InChI is InChI=1S/C25H29F2N5O/c1-32(2)23-20-5-3-4-6-22(20)30-25(31-23)29-18-10-7-16(8-11-18)15-28-24(33)19-12-9-17(14-26)13-21(19)27/h3-6,9,12-13,16,18H,7-8,10-11,14-15H2,1-2H3,(H,28,33)(H,29,30,31). The van der Waals surface area contributed by atoms with Gasteiger partial charge >= 0.3 is 0 Å². The number of rotatable bonds is 7. The zero-order valence-electron chi connectivity index (χ0n) is 18.9. The first kappa shape index (κ1) is 22.9. The lowest BCUT2D eigenvalue weighted by atomic mass is 9.86. The van der Waals surface area contributed by atoms with E-state index in [1.807, 2.05) is 43.3 Å². The van der Waals surface area contributed by atoms with E-state index in [4.69, 9.17) is 4.98 Å². The molecule has 0 saturated heterocycles. The highest BCUT2D eigenvalue weighted by molar-refractivity contribution is 5.94. The van der Waals surface area contributed by atoms with Crippen molar-refractivity contribution in [1.29, 1.82) is 0 Å². The Morgan fingerprint density at radius 3 is 2.55 bits per heavy atom. The number of hydrogen-bond donors (Lipinski definition) is 2. The maximum absolute atomic E-state index is 14.0. The average molecular weight is 454 g/mol. The number of amides is 1. The summed E-state index contributed by atoms with van der Waals surface area (Å²) in [5.41, 5.74) is 1.08. The first-order valence-electron chi connectivity index (χ1n) is 11.3. The van der Waals surface area contributed by atoms with Crippen molar-refractivity contribution in [1.82, 2.24) is 15.3 Å². The second kappa shape index (κ2) is 10.1. The molecule has 0 atom stereocenters. The van der Waals surface area contributed by atoms with Crippen molar-refractivity contribution in [3.63, 3.8) is 0 Å². The molecule has 4 rings (SSSR count). The molecule has 6 nitrogen and oxygen atoms in total. The van der Waals surface area contributed by atoms with Crippen LogP contribution in [0, 0.1) is 11.7 Å². The topological polar surface area (TPSA) is 70.2 Å². The van der Waals surface area contributed by atoms with Crippen LogP contribution >= 0.6 is 0 Å². The predicted octanol–water partition coefficient (Wildman–Crippen LogP) is 4.71. The maximum Gasteiger partial charge on any atom is 0.254 e. The van der Waals surface area contributed by atoms with Crippen LogP contribution in [0.25, 0.3) is 10.9 Å². The molecule has 0 bridgehead atoms. The molecule has 0 unspecified atom stereocenters. The number of fused-ring (bicyclic) bond motifs is 1. The lowest BCUT2D eigenvalue weighted by molar-refractivity contribution is 0.0939. The third-order valence-electron chi connectivity index (χ3n) is 6.17. The molecule has 1 amide bonds. The number of halogens is 2. The minimum atomic E-state index is -0.753. The van der Waals surface area contributed by atoms with Crippen molar-refractivity contribution in [3.8, 4) is 0 Å². The zero-order chi connectivity index (χ0) is 23.4. The third-order valence-corrected chi connectivity index (χ3v) is 6.17. The predicted molar refractivity (Wildman–Crippen MR) is 127 cm³/mol. The summed E-state index contributed by atoms with van der Waals surface area (Å²) in [5.74, 6) is 0.685. The Kier molecular flexibility index (Phi) is 7.01. The quantitative estimate of drug-likeness (QED) is 0.543. The Hall–Kier alpha value is -3.29. The van der Waals surface area contributed by atoms with Crippen LogP contribution in [0.5, 0.6) is 0 Å². The van der Waals surface area contributed by atoms with Crippen LogP contribution in [0.4, 0.5) is 20.5 Å². The van der Waals surface area contributed by atoms with Gasteiger partial charge in [-0.2, -0.15) is 4.98 Å². The minimum Gasteiger partial charge on any atom is -0.362 e. The number of aromatic nitrogens is 2. The fourth-order valence-corrected chi connectivity index (χ4v) is 4.32. The van der Waals surface area contributed by atoms with E-state index in [1.54, 1.807) is 0 Å². The molecule has 1 heterocycles. The number of nitrogens with zero attached hydrogens (tertiary/aromatic N) is 3. The zero-order valence-corrected chi connectivity index (χ0v) is 18.9. The molecular formula is C25H29F2N5O. The average Bonchev–Trinajstić information content (AvgIpc) is 2.82. The van der Waals surface area contributed by atoms with E-state index in [0.29, 0.717) is 18.4 Å². The van der Waals surface area contributed by atoms with Crippen LogP contribution < -0.4 is 15.5 Å². The fraction of sp³-hybridized carbons (Fsp3) is 0.400. The molecule has 8 heteroatoms. The van der Waals surface area contributed by atoms with Crippen LogP contribution in [-0.4, -0.2) is 42.6 Å². The minimum absolute atomic E-state index is 0.0484. The second-order valence-electron chi connectivity index (χ2n) is 8.80. The molecule has 1 saturated carbocycles. The number of anilines is 2. The van der Waals surface area contributed by atoms with Crippen LogP contribution in [0.1, 0.15) is 41.6 Å². The van der Waals surface area contributed by atoms with Gasteiger partial charge in [0.05, 0.1) is 11.1 Å². The molecule has 3 aromatic rings. The summed E-state index contributed by atoms with van der Waals surface area (Å²) in [5, 5.41) is 7.33. The first-order chi connectivity index (χ1) is 15.9. The Bertz CT molecular complexity index is 1130. The molecule has 1 aromatic heterocycles. The lowest BCUT2D eigenvalue weighted by Gasteiger charge is -2.29. The summed E-state index contributed by atoms with van der Waals surface area (Å²) in [7, 11) is 3.94. The third kappa shape index (κ3) is 5.38. The van der Waals surface area contributed by atoms with Gasteiger partial charge in [-0.15, -0.1) is 0 Å². The van der Waals surface area contributed by atoms with Gasteiger partial charge < -0.3 is 15.5 Å². The molecule has 174 valence electrons. The summed E-state index contributed by atoms with van der Waals surface area (Å²) in [6.07, 6.45) is 3.76. The number of hydrogen-bond acceptors (Lipinski definition) is 5. The molecule has 2 N–H and O–H groups in total. The summed E-state index contributed by atoms with van der Waals surface area (Å²) in [6.45, 7) is -0.260. The van der Waals surface area contributed by atoms with Gasteiger partial charge in [-0.1, -0.05) is 18.2 Å². The molecule has 1 aliphatic rings. The molecule has 0 aliphatic heterocycles. The Balaban J connectivity index is 1.31. The van der Waals surface area contributed by atoms with Crippen LogP contribution in [0.3, 0.4) is 0 Å². The maximum atomic E-state index is 14.0. The highest BCUT2D eigenvalue weighted by Crippen LogP contribution is 2.28. The van der Waals surface area contributed by atoms with Gasteiger partial charge in [0.15, 0.2) is 0 Å². The summed E-state index contributed by atoms with van der Waals surface area (Å²) < 4.78 is 26.7. The van der Waals surface area contributed by atoms with E-state index >= 15 is 0 Å². The van der Waals surface area contributed by atoms with Crippen molar-refractivity contribution in [2.45, 2.75) is 38.4 Å². The number of nitrogens with one attached hydrogen (secondary N) is 2. The Labute approximate surface area is 192 Å². The van der Waals surface area contributed by atoms with Gasteiger partial charge in [-0.25, -0.2) is 13.8 Å². The van der Waals surface area contributed by atoms with E-state index in [1.165, 1.54) is 12.1 Å². The molecule has 0 spiro atoms. The summed E-state index contributed by atoms with van der Waals surface area (Å²) >= 11 is 0. The smallest absolute Gasteiger partial charge is 0.254 e. The van der Waals surface area contributed by atoms with E-state index < -0.39 is 18.4 Å². The highest BCUT2D eigenvalue weighted by Gasteiger charge is 2.23. The number of carbonyl (C=O) groups is 1. The normalized spacial score (nSPS) is 18.2. The number of benzene rings is 2. The first-order valence-corrected chi connectivity index (χ1v) is 11.3. The second-order valence-corrected chi connectivity index (χ2v) is 8.80. The molecule has 33 heavy (non-hydrogen) atoms. The van der Waals surface area contributed by atoms with Crippen molar-refractivity contribution < 1.29 is 13.6 Å². The van der Waals surface area contributed by atoms with Gasteiger partial charge in [0, 0.05) is 32.1 Å². The molecule has 1 fully saturated rings. The van der Waals surface area contributed by atoms with E-state index in [9.17, 15) is 13.6 Å². The highest BCUT2D eigenvalue weighted by atomic mass is 19.1. The number of alkyl halides is 1. The van der Waals surface area contributed by atoms with E-state index in [-0.39, 0.29) is 17.2 Å². The van der Waals surface area contributed by atoms with Gasteiger partial charge in [-0.3, -0.25) is 4.79 Å². The summed E-state index contributed by atoms with van der Waals surface area (Å²) in [4.78, 5) is 23.7. The number of para-hydroxylation sites is 1. The Morgan fingerprint density at radius 2 is 1.85 bits per heavy atom. The summed E-state index contributed by atoms with van der Waals surface area (Å²) in [6, 6.07) is 12.1. The van der Waals surface area contributed by atoms with Gasteiger partial charge in [-0.05, 0) is 61.4 Å². The van der Waals surface area contributed by atoms with Gasteiger partial charge in [0.1, 0.15) is 18.3 Å². The van der Waals surface area contributed by atoms with Crippen molar-refractivity contribution in [2.24, 2.45) is 5.92 Å². The van der Waals surface area contributed by atoms with E-state index in [0.717, 1.165) is 48.5 Å². The van der Waals surface area contributed by atoms with Crippen LogP contribution in [-0.2, 0) is 6.67 Å². The van der Waals surface area contributed by atoms with Gasteiger partial charge in [0.25, 0.3) is 5.91 Å². The Morgan fingerprint density at radius 1 is 1.09 bits per heavy atom. The lowest BCUT2D eigenvalue weighted by Crippen LogP contribution is -2.34. The van der Waals surface area contributed by atoms with Crippen LogP contribution in [0.2, 0.25) is 0 Å². The SMILES string of the molecule is CN(C)c1nc(NC2CCC(CNC(=O)c3ccc(CF)cc3F)CC2)nc2ccccc12. The molecule has 1 aliphatic carbocycles. The monoisotopic (exact) mass is 453 g/mol. The van der Waals surface area contributed by atoms with Crippen molar-refractivity contribution in [3.05, 3.63) is 59.4 Å². The number of carbonyl (C=O) groups excluding carboxylic acids is 1. The van der Waals surface area contributed by atoms with Crippen molar-refractivity contribution in [2.75, 3.05) is 30.9 Å². The molecular weight excluding hydrogens is 424 g/mol. The molecule has 0 radical (unpaired) electrons. The van der Waals surface area contributed by atoms with Gasteiger partial charge in [0.2, 0.25) is 5.95 Å².